The van der Waals surface area contributed by atoms with E-state index < -0.39 is 0 Å². The molecule has 2 aliphatic rings. The zero-order chi connectivity index (χ0) is 15.4. The summed E-state index contributed by atoms with van der Waals surface area (Å²) in [6.45, 7) is 13.0. The SMILES string of the molecule is Cc1cccc(N2CCN(CCC3CCCNC3)CC2)c1C. The average Bonchev–Trinajstić information content (AvgIpc) is 2.57. The van der Waals surface area contributed by atoms with Crippen LogP contribution < -0.4 is 10.2 Å². The van der Waals surface area contributed by atoms with Gasteiger partial charge in [-0.05, 0) is 75.9 Å². The van der Waals surface area contributed by atoms with E-state index in [9.17, 15) is 0 Å². The van der Waals surface area contributed by atoms with Crippen molar-refractivity contribution in [1.29, 1.82) is 0 Å². The largest absolute Gasteiger partial charge is 0.369 e. The van der Waals surface area contributed by atoms with Gasteiger partial charge >= 0.3 is 0 Å². The second kappa shape index (κ2) is 7.47. The molecule has 1 unspecified atom stereocenters. The highest BCUT2D eigenvalue weighted by molar-refractivity contribution is 5.56. The molecule has 3 rings (SSSR count). The van der Waals surface area contributed by atoms with Gasteiger partial charge in [0.25, 0.3) is 0 Å². The van der Waals surface area contributed by atoms with E-state index in [1.54, 1.807) is 0 Å². The Kier molecular flexibility index (Phi) is 5.37. The standard InChI is InChI=1S/C19H31N3/c1-16-5-3-7-19(17(16)2)22-13-11-21(12-14-22)10-8-18-6-4-9-20-15-18/h3,5,7,18,20H,4,6,8-15H2,1-2H3. The minimum atomic E-state index is 0.908. The highest BCUT2D eigenvalue weighted by Gasteiger charge is 2.20. The van der Waals surface area contributed by atoms with Crippen LogP contribution in [-0.4, -0.2) is 50.7 Å². The lowest BCUT2D eigenvalue weighted by Crippen LogP contribution is -2.47. The van der Waals surface area contributed by atoms with Crippen molar-refractivity contribution in [2.45, 2.75) is 33.1 Å². The van der Waals surface area contributed by atoms with Crippen LogP contribution in [0.2, 0.25) is 0 Å². The Labute approximate surface area is 135 Å². The molecule has 1 N–H and O–H groups in total. The summed E-state index contributed by atoms with van der Waals surface area (Å²) in [5, 5.41) is 3.54. The van der Waals surface area contributed by atoms with Gasteiger partial charge in [0, 0.05) is 31.9 Å². The zero-order valence-corrected chi connectivity index (χ0v) is 14.3. The molecule has 3 nitrogen and oxygen atoms in total. The maximum absolute atomic E-state index is 3.54. The van der Waals surface area contributed by atoms with Crippen molar-refractivity contribution in [3.8, 4) is 0 Å². The molecule has 0 aliphatic carbocycles. The Morgan fingerprint density at radius 3 is 2.68 bits per heavy atom. The van der Waals surface area contributed by atoms with E-state index in [2.05, 4.69) is 47.2 Å². The molecule has 1 aromatic carbocycles. The Balaban J connectivity index is 1.47. The van der Waals surface area contributed by atoms with Crippen molar-refractivity contribution in [1.82, 2.24) is 10.2 Å². The first-order valence-electron chi connectivity index (χ1n) is 8.98. The predicted octanol–water partition coefficient (Wildman–Crippen LogP) is 2.82. The summed E-state index contributed by atoms with van der Waals surface area (Å²) in [6, 6.07) is 6.69. The number of rotatable bonds is 4. The lowest BCUT2D eigenvalue weighted by atomic mass is 9.96. The van der Waals surface area contributed by atoms with Gasteiger partial charge in [0.1, 0.15) is 0 Å². The number of aryl methyl sites for hydroxylation is 1. The van der Waals surface area contributed by atoms with Crippen molar-refractivity contribution < 1.29 is 0 Å². The maximum atomic E-state index is 3.54. The van der Waals surface area contributed by atoms with Crippen molar-refractivity contribution in [2.75, 3.05) is 50.7 Å². The van der Waals surface area contributed by atoms with Crippen molar-refractivity contribution >= 4 is 5.69 Å². The molecular formula is C19H31N3. The molecule has 1 atom stereocenters. The van der Waals surface area contributed by atoms with Crippen LogP contribution in [0.3, 0.4) is 0 Å². The van der Waals surface area contributed by atoms with Crippen LogP contribution in [0.15, 0.2) is 18.2 Å². The molecule has 2 saturated heterocycles. The molecule has 0 spiro atoms. The van der Waals surface area contributed by atoms with Gasteiger partial charge < -0.3 is 10.2 Å². The van der Waals surface area contributed by atoms with Gasteiger partial charge in [-0.2, -0.15) is 0 Å². The third-order valence-corrected chi connectivity index (χ3v) is 5.54. The molecule has 0 saturated carbocycles. The first kappa shape index (κ1) is 15.8. The summed E-state index contributed by atoms with van der Waals surface area (Å²) >= 11 is 0. The highest BCUT2D eigenvalue weighted by atomic mass is 15.3. The quantitative estimate of drug-likeness (QED) is 0.922. The maximum Gasteiger partial charge on any atom is 0.0399 e. The molecule has 1 aromatic rings. The minimum Gasteiger partial charge on any atom is -0.369 e. The Hall–Kier alpha value is -1.06. The van der Waals surface area contributed by atoms with Gasteiger partial charge in [-0.1, -0.05) is 12.1 Å². The van der Waals surface area contributed by atoms with E-state index in [0.29, 0.717) is 0 Å². The summed E-state index contributed by atoms with van der Waals surface area (Å²) in [5.41, 5.74) is 4.30. The fourth-order valence-corrected chi connectivity index (χ4v) is 3.83. The van der Waals surface area contributed by atoms with Crippen LogP contribution in [0.5, 0.6) is 0 Å². The monoisotopic (exact) mass is 301 g/mol. The van der Waals surface area contributed by atoms with Gasteiger partial charge in [-0.3, -0.25) is 4.90 Å². The lowest BCUT2D eigenvalue weighted by molar-refractivity contribution is 0.226. The van der Waals surface area contributed by atoms with E-state index in [-0.39, 0.29) is 0 Å². The fourth-order valence-electron chi connectivity index (χ4n) is 3.83. The topological polar surface area (TPSA) is 18.5 Å². The third kappa shape index (κ3) is 3.82. The number of benzene rings is 1. The van der Waals surface area contributed by atoms with Gasteiger partial charge in [-0.15, -0.1) is 0 Å². The van der Waals surface area contributed by atoms with Crippen LogP contribution >= 0.6 is 0 Å². The summed E-state index contributed by atoms with van der Waals surface area (Å²) in [4.78, 5) is 5.23. The van der Waals surface area contributed by atoms with E-state index in [4.69, 9.17) is 0 Å². The molecule has 2 fully saturated rings. The van der Waals surface area contributed by atoms with Crippen LogP contribution in [0.1, 0.15) is 30.4 Å². The molecule has 0 bridgehead atoms. The van der Waals surface area contributed by atoms with Gasteiger partial charge in [0.05, 0.1) is 0 Å². The van der Waals surface area contributed by atoms with Crippen molar-refractivity contribution in [3.63, 3.8) is 0 Å². The van der Waals surface area contributed by atoms with Crippen LogP contribution in [0, 0.1) is 19.8 Å². The van der Waals surface area contributed by atoms with E-state index in [0.717, 1.165) is 5.92 Å². The zero-order valence-electron chi connectivity index (χ0n) is 14.3. The van der Waals surface area contributed by atoms with E-state index >= 15 is 0 Å². The van der Waals surface area contributed by atoms with Crippen LogP contribution in [-0.2, 0) is 0 Å². The summed E-state index contributed by atoms with van der Waals surface area (Å²) < 4.78 is 0. The molecule has 2 aliphatic heterocycles. The summed E-state index contributed by atoms with van der Waals surface area (Å²) in [7, 11) is 0. The van der Waals surface area contributed by atoms with Gasteiger partial charge in [0.2, 0.25) is 0 Å². The van der Waals surface area contributed by atoms with Gasteiger partial charge in [0.15, 0.2) is 0 Å². The van der Waals surface area contributed by atoms with E-state index in [1.807, 2.05) is 0 Å². The normalized spacial score (nSPS) is 23.7. The first-order valence-corrected chi connectivity index (χ1v) is 8.98. The Morgan fingerprint density at radius 1 is 1.14 bits per heavy atom. The lowest BCUT2D eigenvalue weighted by Gasteiger charge is -2.37. The summed E-state index contributed by atoms with van der Waals surface area (Å²) in [6.07, 6.45) is 4.16. The molecular weight excluding hydrogens is 270 g/mol. The molecule has 2 heterocycles. The molecule has 0 amide bonds. The summed E-state index contributed by atoms with van der Waals surface area (Å²) in [5.74, 6) is 0.908. The van der Waals surface area contributed by atoms with Crippen LogP contribution in [0.25, 0.3) is 0 Å². The first-order chi connectivity index (χ1) is 10.7. The van der Waals surface area contributed by atoms with Crippen LogP contribution in [0.4, 0.5) is 5.69 Å². The number of piperazine rings is 1. The van der Waals surface area contributed by atoms with E-state index in [1.165, 1.54) is 81.9 Å². The number of anilines is 1. The second-order valence-electron chi connectivity index (χ2n) is 7.05. The molecule has 0 aromatic heterocycles. The number of nitrogens with one attached hydrogen (secondary N) is 1. The third-order valence-electron chi connectivity index (χ3n) is 5.54. The number of hydrogen-bond donors (Lipinski definition) is 1. The Bertz CT molecular complexity index is 472. The number of piperidine rings is 1. The number of nitrogens with zero attached hydrogens (tertiary/aromatic N) is 2. The van der Waals surface area contributed by atoms with Gasteiger partial charge in [-0.25, -0.2) is 0 Å². The second-order valence-corrected chi connectivity index (χ2v) is 7.05. The molecule has 22 heavy (non-hydrogen) atoms. The smallest absolute Gasteiger partial charge is 0.0399 e. The minimum absolute atomic E-state index is 0.908. The van der Waals surface area contributed by atoms with Crippen molar-refractivity contribution in [2.24, 2.45) is 5.92 Å². The predicted molar refractivity (Wildman–Crippen MR) is 94.8 cm³/mol. The van der Waals surface area contributed by atoms with Crippen molar-refractivity contribution in [3.05, 3.63) is 29.3 Å². The average molecular weight is 301 g/mol. The molecule has 122 valence electrons. The highest BCUT2D eigenvalue weighted by Crippen LogP contribution is 2.24. The Morgan fingerprint density at radius 2 is 1.95 bits per heavy atom. The fraction of sp³-hybridized carbons (Fsp3) is 0.684. The molecule has 3 heteroatoms. The number of hydrogen-bond acceptors (Lipinski definition) is 3. The molecule has 0 radical (unpaired) electrons.